The van der Waals surface area contributed by atoms with Crippen molar-refractivity contribution in [3.8, 4) is 0 Å². The molecule has 2 fully saturated rings. The lowest BCUT2D eigenvalue weighted by atomic mass is 9.96. The van der Waals surface area contributed by atoms with Gasteiger partial charge in [-0.25, -0.2) is 4.79 Å². The Morgan fingerprint density at radius 1 is 0.792 bits per heavy atom. The summed E-state index contributed by atoms with van der Waals surface area (Å²) in [5.41, 5.74) is 21.7. The zero-order chi connectivity index (χ0) is 40.0. The molecule has 0 aromatic carbocycles. The van der Waals surface area contributed by atoms with Gasteiger partial charge < -0.3 is 64.2 Å². The maximum Gasteiger partial charge on any atom is 0.328 e. The van der Waals surface area contributed by atoms with Crippen LogP contribution in [0.3, 0.4) is 0 Å². The van der Waals surface area contributed by atoms with Gasteiger partial charge in [-0.2, -0.15) is 0 Å². The van der Waals surface area contributed by atoms with Crippen LogP contribution < -0.4 is 44.2 Å². The lowest BCUT2D eigenvalue weighted by molar-refractivity contribution is -0.146. The Hall–Kier alpha value is -5.05. The fourth-order valence-corrected chi connectivity index (χ4v) is 6.12. The molecule has 14 N–H and O–H groups in total. The van der Waals surface area contributed by atoms with Crippen LogP contribution >= 0.6 is 0 Å². The van der Waals surface area contributed by atoms with Crippen molar-refractivity contribution in [2.75, 3.05) is 26.2 Å². The van der Waals surface area contributed by atoms with Gasteiger partial charge in [0.15, 0.2) is 5.96 Å². The summed E-state index contributed by atoms with van der Waals surface area (Å²) < 4.78 is 0. The summed E-state index contributed by atoms with van der Waals surface area (Å²) in [6.07, 6.45) is 1.46. The Labute approximate surface area is 307 Å². The first-order chi connectivity index (χ1) is 24.9. The van der Waals surface area contributed by atoms with Gasteiger partial charge in [0.25, 0.3) is 0 Å². The molecule has 0 aliphatic carbocycles. The van der Waals surface area contributed by atoms with Crippen molar-refractivity contribution in [2.24, 2.45) is 33.8 Å². The number of hydrogen-bond acceptors (Lipinski definition) is 11. The van der Waals surface area contributed by atoms with E-state index >= 15 is 0 Å². The highest BCUT2D eigenvalue weighted by Crippen LogP contribution is 2.24. The van der Waals surface area contributed by atoms with Crippen molar-refractivity contribution in [3.05, 3.63) is 0 Å². The summed E-state index contributed by atoms with van der Waals surface area (Å²) in [6, 6.07) is -8.42. The zero-order valence-electron chi connectivity index (χ0n) is 30.4. The number of aliphatic hydroxyl groups is 1. The number of nitrogens with one attached hydrogen (secondary N) is 4. The number of aliphatic imine (C=N–C) groups is 1. The number of carbonyl (C=O) groups is 8. The number of aliphatic carboxylic acids is 1. The molecule has 53 heavy (non-hydrogen) atoms. The van der Waals surface area contributed by atoms with Gasteiger partial charge in [0.2, 0.25) is 41.4 Å². The highest BCUT2D eigenvalue weighted by Gasteiger charge is 2.43. The van der Waals surface area contributed by atoms with Gasteiger partial charge in [-0.1, -0.05) is 20.3 Å². The topological polar surface area (TPSA) is 348 Å². The number of nitrogens with zero attached hydrogens (tertiary/aromatic N) is 3. The number of aliphatic hydroxyl groups excluding tert-OH is 1. The van der Waals surface area contributed by atoms with Gasteiger partial charge in [-0.05, 0) is 51.4 Å². The first-order valence-corrected chi connectivity index (χ1v) is 17.7. The van der Waals surface area contributed by atoms with E-state index in [1.165, 1.54) is 16.7 Å². The van der Waals surface area contributed by atoms with Crippen molar-refractivity contribution >= 4 is 53.3 Å². The second-order valence-corrected chi connectivity index (χ2v) is 13.4. The van der Waals surface area contributed by atoms with Crippen molar-refractivity contribution in [3.63, 3.8) is 0 Å². The molecule has 21 heteroatoms. The van der Waals surface area contributed by atoms with E-state index in [0.717, 1.165) is 0 Å². The molecular weight excluding hydrogens is 698 g/mol. The minimum Gasteiger partial charge on any atom is -0.480 e. The molecule has 2 aliphatic rings. The van der Waals surface area contributed by atoms with Crippen LogP contribution in [0, 0.1) is 5.92 Å². The highest BCUT2D eigenvalue weighted by molar-refractivity contribution is 5.98. The van der Waals surface area contributed by atoms with Crippen LogP contribution in [0.2, 0.25) is 0 Å². The number of rotatable bonds is 20. The number of nitrogens with two attached hydrogens (primary N) is 4. The van der Waals surface area contributed by atoms with Gasteiger partial charge in [-0.3, -0.25) is 38.6 Å². The molecule has 0 saturated carbocycles. The number of hydrogen-bond donors (Lipinski definition) is 10. The third kappa shape index (κ3) is 12.8. The fraction of sp³-hybridized carbons (Fsp3) is 0.719. The molecule has 0 bridgehead atoms. The molecule has 2 rings (SSSR count). The average molecular weight is 754 g/mol. The number of amides is 7. The highest BCUT2D eigenvalue weighted by atomic mass is 16.4. The fourth-order valence-electron chi connectivity index (χ4n) is 6.12. The molecule has 21 nitrogen and oxygen atoms in total. The lowest BCUT2D eigenvalue weighted by Crippen LogP contribution is -2.60. The number of guanidine groups is 1. The van der Waals surface area contributed by atoms with Crippen LogP contribution in [-0.4, -0.2) is 142 Å². The van der Waals surface area contributed by atoms with Gasteiger partial charge >= 0.3 is 5.97 Å². The number of primary amides is 1. The predicted octanol–water partition coefficient (Wildman–Crippen LogP) is -4.69. The van der Waals surface area contributed by atoms with Crippen LogP contribution in [0.5, 0.6) is 0 Å². The molecule has 0 spiro atoms. The first kappa shape index (κ1) is 44.1. The van der Waals surface area contributed by atoms with Gasteiger partial charge in [0.1, 0.15) is 36.3 Å². The van der Waals surface area contributed by atoms with Crippen LogP contribution in [0.4, 0.5) is 0 Å². The van der Waals surface area contributed by atoms with Crippen LogP contribution in [0.1, 0.15) is 72.1 Å². The SMILES string of the molecule is CC[C@H](C)[C@H](NC(=O)[C@@H]1CCCN1C(=O)[C@H](CC(N)=O)NC(=O)[C@H](C)N)C(=O)N1CCC[C@H]1C(=O)N[C@@H](CCCN=C(N)N)C(=O)N[C@@H](CO)C(=O)O. The minimum absolute atomic E-state index is 0.00975. The largest absolute Gasteiger partial charge is 0.480 e. The molecular formula is C32H55N11O10. The van der Waals surface area contributed by atoms with E-state index in [1.807, 2.05) is 6.92 Å². The standard InChI is InChI=1S/C32H55N11O10/c1-4-16(2)24(41-28(49)22-10-6-12-42(22)29(50)19(14-23(34)45)39-25(46)17(3)33)30(51)43-13-7-9-21(43)27(48)38-18(8-5-11-37-32(35)36)26(47)40-20(15-44)31(52)53/h16-22,24,44H,4-15,33H2,1-3H3,(H2,34,45)(H,38,48)(H,39,46)(H,40,47)(H,41,49)(H,52,53)(H4,35,36,37)/t16-,17-,18-,19-,20-,21-,22-,24-/m0/s1. The molecule has 2 heterocycles. The quantitative estimate of drug-likeness (QED) is 0.0318. The van der Waals surface area contributed by atoms with E-state index in [-0.39, 0.29) is 51.3 Å². The second kappa shape index (κ2) is 20.9. The first-order valence-electron chi connectivity index (χ1n) is 17.7. The maximum atomic E-state index is 14.1. The molecule has 2 aliphatic heterocycles. The molecule has 0 radical (unpaired) electrons. The van der Waals surface area contributed by atoms with Crippen molar-refractivity contribution < 1.29 is 48.6 Å². The second-order valence-electron chi connectivity index (χ2n) is 13.4. The van der Waals surface area contributed by atoms with Crippen molar-refractivity contribution in [2.45, 2.75) is 114 Å². The summed E-state index contributed by atoms with van der Waals surface area (Å²) in [7, 11) is 0. The van der Waals surface area contributed by atoms with Gasteiger partial charge in [-0.15, -0.1) is 0 Å². The summed E-state index contributed by atoms with van der Waals surface area (Å²) in [5, 5.41) is 28.7. The van der Waals surface area contributed by atoms with E-state index < -0.39 is 109 Å². The van der Waals surface area contributed by atoms with E-state index in [9.17, 15) is 48.6 Å². The average Bonchev–Trinajstić information content (AvgIpc) is 3.80. The summed E-state index contributed by atoms with van der Waals surface area (Å²) in [4.78, 5) is 110. The summed E-state index contributed by atoms with van der Waals surface area (Å²) >= 11 is 0. The van der Waals surface area contributed by atoms with E-state index in [1.54, 1.807) is 6.92 Å². The van der Waals surface area contributed by atoms with Gasteiger partial charge in [0, 0.05) is 19.6 Å². The Balaban J connectivity index is 2.27. The normalized spacial score (nSPS) is 20.2. The molecule has 298 valence electrons. The van der Waals surface area contributed by atoms with Crippen molar-refractivity contribution in [1.29, 1.82) is 0 Å². The number of carboxylic acid groups (broad SMARTS) is 1. The molecule has 0 unspecified atom stereocenters. The van der Waals surface area contributed by atoms with Crippen LogP contribution in [0.25, 0.3) is 0 Å². The summed E-state index contributed by atoms with van der Waals surface area (Å²) in [6.45, 7) is 4.47. The Kier molecular flexibility index (Phi) is 17.4. The van der Waals surface area contributed by atoms with Crippen LogP contribution in [0.15, 0.2) is 4.99 Å². The van der Waals surface area contributed by atoms with Gasteiger partial charge in [0.05, 0.1) is 19.1 Å². The van der Waals surface area contributed by atoms with Crippen molar-refractivity contribution in [1.82, 2.24) is 31.1 Å². The lowest BCUT2D eigenvalue weighted by Gasteiger charge is -2.34. The third-order valence-corrected chi connectivity index (χ3v) is 9.26. The smallest absolute Gasteiger partial charge is 0.328 e. The molecule has 0 aromatic heterocycles. The van der Waals surface area contributed by atoms with E-state index in [2.05, 4.69) is 26.3 Å². The monoisotopic (exact) mass is 753 g/mol. The number of carboxylic acids is 1. The van der Waals surface area contributed by atoms with E-state index in [4.69, 9.17) is 22.9 Å². The number of carbonyl (C=O) groups excluding carboxylic acids is 7. The zero-order valence-corrected chi connectivity index (χ0v) is 30.4. The molecule has 0 aromatic rings. The molecule has 8 atom stereocenters. The third-order valence-electron chi connectivity index (χ3n) is 9.26. The Morgan fingerprint density at radius 2 is 1.34 bits per heavy atom. The Morgan fingerprint density at radius 3 is 1.83 bits per heavy atom. The number of likely N-dealkylation sites (tertiary alicyclic amines) is 2. The van der Waals surface area contributed by atoms with Crippen LogP contribution in [-0.2, 0) is 38.4 Å². The molecule has 2 saturated heterocycles. The Bertz CT molecular complexity index is 1390. The predicted molar refractivity (Wildman–Crippen MR) is 189 cm³/mol. The summed E-state index contributed by atoms with van der Waals surface area (Å²) in [5.74, 6) is -7.11. The van der Waals surface area contributed by atoms with E-state index in [0.29, 0.717) is 19.3 Å². The minimum atomic E-state index is -1.63. The maximum absolute atomic E-state index is 14.1. The molecule has 7 amide bonds.